The quantitative estimate of drug-likeness (QED) is 0.687. The number of rotatable bonds is 9. The third kappa shape index (κ3) is 4.81. The molecule has 2 unspecified atom stereocenters. The van der Waals surface area contributed by atoms with Crippen molar-refractivity contribution in [3.05, 3.63) is 47.5 Å². The molecule has 5 heteroatoms. The van der Waals surface area contributed by atoms with Crippen molar-refractivity contribution in [3.8, 4) is 0 Å². The van der Waals surface area contributed by atoms with Crippen molar-refractivity contribution in [1.82, 2.24) is 19.7 Å². The van der Waals surface area contributed by atoms with E-state index in [0.717, 1.165) is 31.0 Å². The molecule has 0 spiro atoms. The largest absolute Gasteiger partial charge is 0.324 e. The van der Waals surface area contributed by atoms with E-state index in [1.165, 1.54) is 31.4 Å². The molecule has 0 bridgehead atoms. The molecule has 1 saturated heterocycles. The second-order valence-electron chi connectivity index (χ2n) is 8.57. The Bertz CT molecular complexity index is 724. The Morgan fingerprint density at radius 1 is 1.18 bits per heavy atom. The zero-order chi connectivity index (χ0) is 20.1. The fraction of sp³-hybridized carbons (Fsp3) is 0.652. The average Bonchev–Trinajstić information content (AvgIpc) is 3.31. The average molecular weight is 384 g/mol. The first kappa shape index (κ1) is 21.0. The van der Waals surface area contributed by atoms with Crippen molar-refractivity contribution in [2.45, 2.75) is 83.8 Å². The van der Waals surface area contributed by atoms with Crippen LogP contribution in [0.5, 0.6) is 0 Å². The maximum atomic E-state index is 6.45. The van der Waals surface area contributed by atoms with Gasteiger partial charge in [-0.25, -0.2) is 0 Å². The van der Waals surface area contributed by atoms with Crippen molar-refractivity contribution in [1.29, 1.82) is 0 Å². The lowest BCUT2D eigenvalue weighted by Gasteiger charge is -2.30. The Kier molecular flexibility index (Phi) is 7.24. The maximum Gasteiger partial charge on any atom is 0.135 e. The topological polar surface area (TPSA) is 60.0 Å². The lowest BCUT2D eigenvalue weighted by atomic mass is 10.0. The second-order valence-corrected chi connectivity index (χ2v) is 8.57. The summed E-state index contributed by atoms with van der Waals surface area (Å²) < 4.78 is 2.40. The fourth-order valence-electron chi connectivity index (χ4n) is 4.63. The lowest BCUT2D eigenvalue weighted by Crippen LogP contribution is -2.34. The van der Waals surface area contributed by atoms with Crippen LogP contribution in [0.25, 0.3) is 0 Å². The molecule has 3 atom stereocenters. The summed E-state index contributed by atoms with van der Waals surface area (Å²) >= 11 is 0. The molecule has 2 N–H and O–H groups in total. The molecule has 0 aliphatic carbocycles. The van der Waals surface area contributed by atoms with Crippen LogP contribution in [0.3, 0.4) is 0 Å². The summed E-state index contributed by atoms with van der Waals surface area (Å²) in [4.78, 5) is 2.67. The first-order valence-electron chi connectivity index (χ1n) is 11.0. The zero-order valence-electron chi connectivity index (χ0n) is 18.0. The van der Waals surface area contributed by atoms with Crippen LogP contribution in [0, 0.1) is 6.92 Å². The molecular formula is C23H37N5. The van der Waals surface area contributed by atoms with Gasteiger partial charge in [0.2, 0.25) is 0 Å². The van der Waals surface area contributed by atoms with Gasteiger partial charge in [-0.05, 0) is 51.1 Å². The van der Waals surface area contributed by atoms with Gasteiger partial charge >= 0.3 is 0 Å². The van der Waals surface area contributed by atoms with Gasteiger partial charge < -0.3 is 15.2 Å². The zero-order valence-corrected chi connectivity index (χ0v) is 18.0. The third-order valence-corrected chi connectivity index (χ3v) is 6.24. The monoisotopic (exact) mass is 383 g/mol. The van der Waals surface area contributed by atoms with E-state index >= 15 is 0 Å². The Morgan fingerprint density at radius 2 is 1.93 bits per heavy atom. The molecular weight excluding hydrogens is 346 g/mol. The Morgan fingerprint density at radius 3 is 2.61 bits per heavy atom. The molecule has 0 amide bonds. The fourth-order valence-corrected chi connectivity index (χ4v) is 4.63. The van der Waals surface area contributed by atoms with Crippen molar-refractivity contribution in [2.75, 3.05) is 13.1 Å². The molecule has 1 fully saturated rings. The van der Waals surface area contributed by atoms with E-state index in [2.05, 4.69) is 77.7 Å². The molecule has 1 aliphatic heterocycles. The van der Waals surface area contributed by atoms with Gasteiger partial charge in [0.05, 0.1) is 0 Å². The molecule has 0 radical (unpaired) electrons. The minimum atomic E-state index is 0.122. The van der Waals surface area contributed by atoms with Gasteiger partial charge in [0.1, 0.15) is 11.6 Å². The summed E-state index contributed by atoms with van der Waals surface area (Å²) in [5.74, 6) is 2.57. The van der Waals surface area contributed by atoms with Gasteiger partial charge in [-0.1, -0.05) is 51.1 Å². The number of nitrogens with two attached hydrogens (primary N) is 1. The van der Waals surface area contributed by atoms with Crippen LogP contribution >= 0.6 is 0 Å². The molecule has 1 aliphatic rings. The summed E-state index contributed by atoms with van der Waals surface area (Å²) in [6.45, 7) is 11.1. The van der Waals surface area contributed by atoms with Crippen LogP contribution in [-0.4, -0.2) is 38.8 Å². The molecule has 1 aromatic carbocycles. The maximum absolute atomic E-state index is 6.45. The van der Waals surface area contributed by atoms with Crippen molar-refractivity contribution < 1.29 is 0 Å². The number of hydrogen-bond donors (Lipinski definition) is 1. The molecule has 2 aromatic rings. The summed E-state index contributed by atoms with van der Waals surface area (Å²) in [5.41, 5.74) is 7.69. The van der Waals surface area contributed by atoms with Gasteiger partial charge in [-0.2, -0.15) is 0 Å². The number of hydrogen-bond acceptors (Lipinski definition) is 4. The summed E-state index contributed by atoms with van der Waals surface area (Å²) in [7, 11) is 0. The lowest BCUT2D eigenvalue weighted by molar-refractivity contribution is 0.208. The highest BCUT2D eigenvalue weighted by Crippen LogP contribution is 2.31. The second kappa shape index (κ2) is 9.66. The first-order chi connectivity index (χ1) is 13.5. The highest BCUT2D eigenvalue weighted by Gasteiger charge is 2.29. The highest BCUT2D eigenvalue weighted by molar-refractivity contribution is 5.18. The highest BCUT2D eigenvalue weighted by atomic mass is 15.3. The van der Waals surface area contributed by atoms with Crippen molar-refractivity contribution >= 4 is 0 Å². The molecule has 0 saturated carbocycles. The van der Waals surface area contributed by atoms with Gasteiger partial charge in [-0.15, -0.1) is 10.2 Å². The van der Waals surface area contributed by atoms with Crippen molar-refractivity contribution in [2.24, 2.45) is 5.73 Å². The first-order valence-corrected chi connectivity index (χ1v) is 11.0. The number of nitrogens with zero attached hydrogens (tertiary/aromatic N) is 4. The standard InChI is InChI=1S/C23H37N5/c1-5-20(28-18(4)25-26-23(28)17(2)3)16-21-12-9-14-27(21)15-13-22(24)19-10-7-6-8-11-19/h6-8,10-11,17,20-22H,5,9,12-16,24H2,1-4H3/t20?,21?,22-/m0/s1. The Labute approximate surface area is 170 Å². The minimum absolute atomic E-state index is 0.122. The smallest absolute Gasteiger partial charge is 0.135 e. The summed E-state index contributed by atoms with van der Waals surface area (Å²) in [6, 6.07) is 11.7. The van der Waals surface area contributed by atoms with Gasteiger partial charge in [0.15, 0.2) is 0 Å². The van der Waals surface area contributed by atoms with Gasteiger partial charge in [-0.3, -0.25) is 0 Å². The molecule has 1 aromatic heterocycles. The molecule has 154 valence electrons. The Hall–Kier alpha value is -1.72. The van der Waals surface area contributed by atoms with Crippen LogP contribution in [0.4, 0.5) is 0 Å². The predicted molar refractivity (Wildman–Crippen MR) is 115 cm³/mol. The SMILES string of the molecule is CCC(CC1CCCN1CC[C@H](N)c1ccccc1)n1c(C)nnc1C(C)C. The van der Waals surface area contributed by atoms with E-state index in [4.69, 9.17) is 5.73 Å². The normalized spacial score (nSPS) is 20.0. The molecule has 2 heterocycles. The summed E-state index contributed by atoms with van der Waals surface area (Å²) in [5, 5.41) is 8.83. The molecule has 3 rings (SSSR count). The van der Waals surface area contributed by atoms with E-state index in [0.29, 0.717) is 18.0 Å². The third-order valence-electron chi connectivity index (χ3n) is 6.24. The van der Waals surface area contributed by atoms with Gasteiger partial charge in [0.25, 0.3) is 0 Å². The molecule has 28 heavy (non-hydrogen) atoms. The Balaban J connectivity index is 1.63. The van der Waals surface area contributed by atoms with E-state index in [9.17, 15) is 0 Å². The predicted octanol–water partition coefficient (Wildman–Crippen LogP) is 4.61. The number of aromatic nitrogens is 3. The number of aryl methyl sites for hydroxylation is 1. The van der Waals surface area contributed by atoms with Crippen LogP contribution in [0.2, 0.25) is 0 Å². The van der Waals surface area contributed by atoms with Gasteiger partial charge in [0, 0.05) is 30.6 Å². The van der Waals surface area contributed by atoms with Crippen LogP contribution in [-0.2, 0) is 0 Å². The minimum Gasteiger partial charge on any atom is -0.324 e. The van der Waals surface area contributed by atoms with E-state index in [-0.39, 0.29) is 6.04 Å². The van der Waals surface area contributed by atoms with Crippen LogP contribution in [0.15, 0.2) is 30.3 Å². The number of likely N-dealkylation sites (tertiary alicyclic amines) is 1. The van der Waals surface area contributed by atoms with E-state index < -0.39 is 0 Å². The van der Waals surface area contributed by atoms with E-state index in [1.54, 1.807) is 0 Å². The van der Waals surface area contributed by atoms with Crippen LogP contribution in [0.1, 0.15) is 88.1 Å². The molecule has 5 nitrogen and oxygen atoms in total. The van der Waals surface area contributed by atoms with E-state index in [1.807, 2.05) is 0 Å². The number of benzene rings is 1. The summed E-state index contributed by atoms with van der Waals surface area (Å²) in [6.07, 6.45) is 5.89. The van der Waals surface area contributed by atoms with Crippen molar-refractivity contribution in [3.63, 3.8) is 0 Å². The van der Waals surface area contributed by atoms with Crippen LogP contribution < -0.4 is 5.73 Å².